The Bertz CT molecular complexity index is 268. The maximum atomic E-state index is 11.6. The van der Waals surface area contributed by atoms with Crippen LogP contribution in [0.15, 0.2) is 0 Å². The normalized spacial score (nSPS) is 17.3. The van der Waals surface area contributed by atoms with Crippen LogP contribution in [0.25, 0.3) is 0 Å². The smallest absolute Gasteiger partial charge is 0.410 e. The van der Waals surface area contributed by atoms with Crippen LogP contribution in [0.4, 0.5) is 4.79 Å². The Morgan fingerprint density at radius 2 is 1.88 bits per heavy atom. The second kappa shape index (κ2) is 6.62. The first kappa shape index (κ1) is 14.0. The molecular formula is C13H23NO3. The zero-order valence-electron chi connectivity index (χ0n) is 11.1. The van der Waals surface area contributed by atoms with Crippen LogP contribution in [0.1, 0.15) is 46.5 Å². The number of Topliss-reactive ketones (excluding diaryl/α,β-unsaturated/α-hetero) is 1. The highest BCUT2D eigenvalue weighted by Gasteiger charge is 2.24. The molecule has 0 aliphatic carbocycles. The number of carbonyl (C=O) groups excluding carboxylic acids is 2. The van der Waals surface area contributed by atoms with Crippen molar-refractivity contribution >= 4 is 11.9 Å². The predicted molar refractivity (Wildman–Crippen MR) is 65.8 cm³/mol. The molecule has 17 heavy (non-hydrogen) atoms. The van der Waals surface area contributed by atoms with Gasteiger partial charge in [-0.2, -0.15) is 0 Å². The van der Waals surface area contributed by atoms with E-state index >= 15 is 0 Å². The molecule has 0 aromatic heterocycles. The van der Waals surface area contributed by atoms with Crippen molar-refractivity contribution in [2.75, 3.05) is 13.1 Å². The van der Waals surface area contributed by atoms with Crippen LogP contribution in [0.3, 0.4) is 0 Å². The highest BCUT2D eigenvalue weighted by molar-refractivity contribution is 5.75. The third-order valence-electron chi connectivity index (χ3n) is 3.11. The molecule has 1 aliphatic rings. The molecule has 98 valence electrons. The molecule has 1 fully saturated rings. The molecule has 1 saturated heterocycles. The maximum absolute atomic E-state index is 11.6. The Morgan fingerprint density at radius 1 is 1.29 bits per heavy atom. The van der Waals surface area contributed by atoms with Gasteiger partial charge in [-0.15, -0.1) is 0 Å². The van der Waals surface area contributed by atoms with Gasteiger partial charge in [-0.25, -0.2) is 4.79 Å². The molecule has 0 aromatic rings. The van der Waals surface area contributed by atoms with Crippen LogP contribution in [-0.2, 0) is 9.53 Å². The topological polar surface area (TPSA) is 46.6 Å². The van der Waals surface area contributed by atoms with Gasteiger partial charge >= 0.3 is 6.09 Å². The lowest BCUT2D eigenvalue weighted by Crippen LogP contribution is -2.39. The molecular weight excluding hydrogens is 218 g/mol. The van der Waals surface area contributed by atoms with Crippen molar-refractivity contribution in [3.8, 4) is 0 Å². The van der Waals surface area contributed by atoms with E-state index < -0.39 is 0 Å². The fourth-order valence-electron chi connectivity index (χ4n) is 2.09. The van der Waals surface area contributed by atoms with Crippen LogP contribution < -0.4 is 0 Å². The van der Waals surface area contributed by atoms with Gasteiger partial charge in [-0.3, -0.25) is 0 Å². The lowest BCUT2D eigenvalue weighted by atomic mass is 9.92. The standard InChI is InChI=1S/C13H23NO3/c1-10(2)17-13(16)14-8-6-12(7-9-14)5-4-11(3)15/h10,12H,4-9H2,1-3H3. The van der Waals surface area contributed by atoms with E-state index in [0.717, 1.165) is 32.4 Å². The zero-order valence-corrected chi connectivity index (χ0v) is 11.1. The van der Waals surface area contributed by atoms with E-state index in [0.29, 0.717) is 12.3 Å². The van der Waals surface area contributed by atoms with Gasteiger partial charge in [-0.1, -0.05) is 0 Å². The highest BCUT2D eigenvalue weighted by Crippen LogP contribution is 2.22. The van der Waals surface area contributed by atoms with Crippen LogP contribution in [-0.4, -0.2) is 36.0 Å². The summed E-state index contributed by atoms with van der Waals surface area (Å²) in [6.45, 7) is 6.87. The van der Waals surface area contributed by atoms with Gasteiger partial charge in [0, 0.05) is 19.5 Å². The first-order valence-corrected chi connectivity index (χ1v) is 6.44. The largest absolute Gasteiger partial charge is 0.447 e. The zero-order chi connectivity index (χ0) is 12.8. The molecule has 0 radical (unpaired) electrons. The minimum atomic E-state index is -0.204. The van der Waals surface area contributed by atoms with Crippen molar-refractivity contribution in [2.24, 2.45) is 5.92 Å². The number of rotatable bonds is 4. The van der Waals surface area contributed by atoms with Crippen molar-refractivity contribution < 1.29 is 14.3 Å². The molecule has 1 heterocycles. The van der Waals surface area contributed by atoms with Crippen molar-refractivity contribution in [3.05, 3.63) is 0 Å². The molecule has 0 unspecified atom stereocenters. The van der Waals surface area contributed by atoms with Crippen molar-refractivity contribution in [1.82, 2.24) is 4.90 Å². The van der Waals surface area contributed by atoms with Crippen LogP contribution >= 0.6 is 0 Å². The number of ketones is 1. The van der Waals surface area contributed by atoms with Crippen LogP contribution in [0, 0.1) is 5.92 Å². The summed E-state index contributed by atoms with van der Waals surface area (Å²) in [6.07, 6.45) is 3.34. The maximum Gasteiger partial charge on any atom is 0.410 e. The summed E-state index contributed by atoms with van der Waals surface area (Å²) in [5.41, 5.74) is 0. The van der Waals surface area contributed by atoms with E-state index in [1.54, 1.807) is 11.8 Å². The second-order valence-electron chi connectivity index (χ2n) is 5.10. The molecule has 1 rings (SSSR count). The fourth-order valence-corrected chi connectivity index (χ4v) is 2.09. The van der Waals surface area contributed by atoms with Gasteiger partial charge < -0.3 is 14.4 Å². The van der Waals surface area contributed by atoms with Crippen LogP contribution in [0.5, 0.6) is 0 Å². The summed E-state index contributed by atoms with van der Waals surface area (Å²) in [7, 11) is 0. The average molecular weight is 241 g/mol. The summed E-state index contributed by atoms with van der Waals surface area (Å²) < 4.78 is 5.16. The molecule has 1 amide bonds. The molecule has 4 nitrogen and oxygen atoms in total. The number of hydrogen-bond donors (Lipinski definition) is 0. The SMILES string of the molecule is CC(=O)CCC1CCN(C(=O)OC(C)C)CC1. The summed E-state index contributed by atoms with van der Waals surface area (Å²) in [5, 5.41) is 0. The van der Waals surface area contributed by atoms with E-state index in [9.17, 15) is 9.59 Å². The lowest BCUT2D eigenvalue weighted by molar-refractivity contribution is -0.117. The Balaban J connectivity index is 2.25. The summed E-state index contributed by atoms with van der Waals surface area (Å²) in [5.74, 6) is 0.841. The monoisotopic (exact) mass is 241 g/mol. The number of hydrogen-bond acceptors (Lipinski definition) is 3. The molecule has 0 aromatic carbocycles. The Labute approximate surface area is 103 Å². The van der Waals surface area contributed by atoms with E-state index in [-0.39, 0.29) is 18.0 Å². The third-order valence-corrected chi connectivity index (χ3v) is 3.11. The van der Waals surface area contributed by atoms with Crippen molar-refractivity contribution in [2.45, 2.75) is 52.6 Å². The molecule has 1 aliphatic heterocycles. The number of piperidine rings is 1. The molecule has 4 heteroatoms. The summed E-state index contributed by atoms with van der Waals surface area (Å²) in [6, 6.07) is 0. The number of ether oxygens (including phenoxy) is 1. The van der Waals surface area contributed by atoms with E-state index in [2.05, 4.69) is 0 Å². The number of nitrogens with zero attached hydrogens (tertiary/aromatic N) is 1. The van der Waals surface area contributed by atoms with E-state index in [4.69, 9.17) is 4.74 Å². The second-order valence-corrected chi connectivity index (χ2v) is 5.10. The fraction of sp³-hybridized carbons (Fsp3) is 0.846. The van der Waals surface area contributed by atoms with Crippen molar-refractivity contribution in [3.63, 3.8) is 0 Å². The Kier molecular flexibility index (Phi) is 5.45. The van der Waals surface area contributed by atoms with Gasteiger partial charge in [0.15, 0.2) is 0 Å². The number of amides is 1. The third kappa shape index (κ3) is 5.20. The predicted octanol–water partition coefficient (Wildman–Crippen LogP) is 2.61. The van der Waals surface area contributed by atoms with Gasteiger partial charge in [0.25, 0.3) is 0 Å². The van der Waals surface area contributed by atoms with Gasteiger partial charge in [-0.05, 0) is 46.0 Å². The quantitative estimate of drug-likeness (QED) is 0.760. The Hall–Kier alpha value is -1.06. The van der Waals surface area contributed by atoms with E-state index in [1.807, 2.05) is 13.8 Å². The first-order chi connectivity index (χ1) is 7.99. The molecule has 0 N–H and O–H groups in total. The first-order valence-electron chi connectivity index (χ1n) is 6.44. The lowest BCUT2D eigenvalue weighted by Gasteiger charge is -2.31. The van der Waals surface area contributed by atoms with Gasteiger partial charge in [0.2, 0.25) is 0 Å². The number of carbonyl (C=O) groups is 2. The Morgan fingerprint density at radius 3 is 2.35 bits per heavy atom. The molecule has 0 bridgehead atoms. The summed E-state index contributed by atoms with van der Waals surface area (Å²) >= 11 is 0. The average Bonchev–Trinajstić information content (AvgIpc) is 2.26. The van der Waals surface area contributed by atoms with Gasteiger partial charge in [0.05, 0.1) is 6.10 Å². The minimum absolute atomic E-state index is 0.0575. The van der Waals surface area contributed by atoms with Crippen molar-refractivity contribution in [1.29, 1.82) is 0 Å². The summed E-state index contributed by atoms with van der Waals surface area (Å²) in [4.78, 5) is 24.3. The van der Waals surface area contributed by atoms with E-state index in [1.165, 1.54) is 0 Å². The molecule has 0 atom stereocenters. The molecule has 0 spiro atoms. The highest BCUT2D eigenvalue weighted by atomic mass is 16.6. The molecule has 0 saturated carbocycles. The minimum Gasteiger partial charge on any atom is -0.447 e. The number of likely N-dealkylation sites (tertiary alicyclic amines) is 1. The van der Waals surface area contributed by atoms with Gasteiger partial charge in [0.1, 0.15) is 5.78 Å². The van der Waals surface area contributed by atoms with Crippen LogP contribution in [0.2, 0.25) is 0 Å².